The van der Waals surface area contributed by atoms with Gasteiger partial charge in [-0.3, -0.25) is 4.72 Å². The minimum Gasteiger partial charge on any atom is -0.378 e. The molecule has 0 saturated carbocycles. The number of benzene rings is 2. The summed E-state index contributed by atoms with van der Waals surface area (Å²) in [7, 11) is -3.94. The number of rotatable bonds is 7. The number of hydrogen-bond donors (Lipinski definition) is 2. The zero-order valence-electron chi connectivity index (χ0n) is 17.9. The fourth-order valence-electron chi connectivity index (χ4n) is 3.37. The molecule has 0 amide bonds. The lowest BCUT2D eigenvalue weighted by Gasteiger charge is -2.27. The maximum absolute atomic E-state index is 13.8. The van der Waals surface area contributed by atoms with Gasteiger partial charge in [0, 0.05) is 41.8 Å². The molecule has 2 aromatic carbocycles. The van der Waals surface area contributed by atoms with Crippen LogP contribution < -0.4 is 14.9 Å². The van der Waals surface area contributed by atoms with E-state index in [-0.39, 0.29) is 5.56 Å². The lowest BCUT2D eigenvalue weighted by molar-refractivity contribution is 0.122. The van der Waals surface area contributed by atoms with E-state index in [2.05, 4.69) is 24.9 Å². The van der Waals surface area contributed by atoms with Crippen molar-refractivity contribution in [2.75, 3.05) is 41.2 Å². The van der Waals surface area contributed by atoms with Crippen LogP contribution >= 0.6 is 0 Å². The summed E-state index contributed by atoms with van der Waals surface area (Å²) in [5.41, 5.74) is 1.56. The average molecular weight is 476 g/mol. The van der Waals surface area contributed by atoms with E-state index in [9.17, 15) is 17.2 Å². The molecule has 0 aliphatic carbocycles. The predicted octanol–water partition coefficient (Wildman–Crippen LogP) is 3.59. The minimum atomic E-state index is -3.94. The Kier molecular flexibility index (Phi) is 6.70. The first-order valence-electron chi connectivity index (χ1n) is 10.3. The number of morpholine rings is 1. The fourth-order valence-corrected chi connectivity index (χ4v) is 4.56. The van der Waals surface area contributed by atoms with Crippen LogP contribution in [0.15, 0.2) is 48.5 Å². The van der Waals surface area contributed by atoms with Crippen molar-refractivity contribution in [1.29, 1.82) is 0 Å². The molecule has 1 fully saturated rings. The highest BCUT2D eigenvalue weighted by Crippen LogP contribution is 2.22. The van der Waals surface area contributed by atoms with Gasteiger partial charge in [0.15, 0.2) is 0 Å². The maximum Gasteiger partial charge on any atom is 0.237 e. The number of nitrogens with zero attached hydrogens (tertiary/aromatic N) is 3. The number of aromatic nitrogens is 2. The first-order valence-corrected chi connectivity index (χ1v) is 11.9. The van der Waals surface area contributed by atoms with Crippen LogP contribution in [0.25, 0.3) is 0 Å². The van der Waals surface area contributed by atoms with Crippen LogP contribution in [-0.4, -0.2) is 44.7 Å². The topological polar surface area (TPSA) is 96.5 Å². The summed E-state index contributed by atoms with van der Waals surface area (Å²) in [6.45, 7) is 4.58. The quantitative estimate of drug-likeness (QED) is 0.539. The molecule has 33 heavy (non-hydrogen) atoms. The SMILES string of the molecule is Cc1cc(Nc2ccc(NS(=O)(=O)Cc3cc(F)ccc3F)cc2)nc(N2CCOCC2)n1. The third-order valence-corrected chi connectivity index (χ3v) is 6.16. The number of nitrogens with one attached hydrogen (secondary N) is 2. The molecule has 1 aliphatic rings. The maximum atomic E-state index is 13.8. The highest BCUT2D eigenvalue weighted by atomic mass is 32.2. The van der Waals surface area contributed by atoms with E-state index in [1.165, 1.54) is 0 Å². The van der Waals surface area contributed by atoms with Gasteiger partial charge in [-0.1, -0.05) is 0 Å². The lowest BCUT2D eigenvalue weighted by atomic mass is 10.2. The molecule has 11 heteroatoms. The van der Waals surface area contributed by atoms with Gasteiger partial charge in [-0.2, -0.15) is 4.98 Å². The van der Waals surface area contributed by atoms with E-state index in [4.69, 9.17) is 4.74 Å². The number of anilines is 4. The zero-order chi connectivity index (χ0) is 23.4. The lowest BCUT2D eigenvalue weighted by Crippen LogP contribution is -2.37. The molecule has 2 N–H and O–H groups in total. The van der Waals surface area contributed by atoms with Gasteiger partial charge in [-0.05, 0) is 49.4 Å². The van der Waals surface area contributed by atoms with Gasteiger partial charge in [-0.15, -0.1) is 0 Å². The molecule has 0 radical (unpaired) electrons. The van der Waals surface area contributed by atoms with Crippen molar-refractivity contribution >= 4 is 33.2 Å². The minimum absolute atomic E-state index is 0.240. The molecular weight excluding hydrogens is 452 g/mol. The third kappa shape index (κ3) is 6.14. The van der Waals surface area contributed by atoms with Crippen molar-refractivity contribution in [1.82, 2.24) is 9.97 Å². The molecule has 0 atom stereocenters. The number of hydrogen-bond acceptors (Lipinski definition) is 7. The van der Waals surface area contributed by atoms with E-state index in [0.717, 1.165) is 37.0 Å². The Balaban J connectivity index is 1.43. The summed E-state index contributed by atoms with van der Waals surface area (Å²) < 4.78 is 59.6. The second-order valence-corrected chi connectivity index (χ2v) is 9.32. The molecule has 1 aromatic heterocycles. The number of ether oxygens (including phenoxy) is 1. The number of aryl methyl sites for hydroxylation is 1. The molecule has 0 unspecified atom stereocenters. The fraction of sp³-hybridized carbons (Fsp3) is 0.273. The van der Waals surface area contributed by atoms with Crippen LogP contribution in [-0.2, 0) is 20.5 Å². The van der Waals surface area contributed by atoms with Crippen LogP contribution in [0.2, 0.25) is 0 Å². The Labute approximate surface area is 190 Å². The van der Waals surface area contributed by atoms with E-state index < -0.39 is 27.4 Å². The molecule has 8 nitrogen and oxygen atoms in total. The van der Waals surface area contributed by atoms with Crippen LogP contribution in [0, 0.1) is 18.6 Å². The highest BCUT2D eigenvalue weighted by molar-refractivity contribution is 7.91. The molecule has 3 aromatic rings. The average Bonchev–Trinajstić information content (AvgIpc) is 2.77. The van der Waals surface area contributed by atoms with Gasteiger partial charge in [0.2, 0.25) is 16.0 Å². The zero-order valence-corrected chi connectivity index (χ0v) is 18.7. The van der Waals surface area contributed by atoms with E-state index in [1.807, 2.05) is 13.0 Å². The second kappa shape index (κ2) is 9.67. The van der Waals surface area contributed by atoms with Gasteiger partial charge >= 0.3 is 0 Å². The standard InChI is InChI=1S/C22H23F2N5O3S/c1-15-12-21(27-22(25-15)29-8-10-32-11-9-29)26-18-3-5-19(6-4-18)28-33(30,31)14-16-13-17(23)2-7-20(16)24/h2-7,12-13,28H,8-11,14H2,1H3,(H,25,26,27). The highest BCUT2D eigenvalue weighted by Gasteiger charge is 2.17. The van der Waals surface area contributed by atoms with E-state index in [1.54, 1.807) is 24.3 Å². The largest absolute Gasteiger partial charge is 0.378 e. The van der Waals surface area contributed by atoms with E-state index >= 15 is 0 Å². The van der Waals surface area contributed by atoms with Crippen molar-refractivity contribution in [3.8, 4) is 0 Å². The predicted molar refractivity (Wildman–Crippen MR) is 122 cm³/mol. The van der Waals surface area contributed by atoms with Crippen molar-refractivity contribution in [2.24, 2.45) is 0 Å². The summed E-state index contributed by atoms with van der Waals surface area (Å²) in [6, 6.07) is 11.0. The molecule has 2 heterocycles. The van der Waals surface area contributed by atoms with Crippen LogP contribution in [0.3, 0.4) is 0 Å². The van der Waals surface area contributed by atoms with Crippen molar-refractivity contribution in [3.63, 3.8) is 0 Å². The third-order valence-electron chi connectivity index (χ3n) is 4.92. The summed E-state index contributed by atoms with van der Waals surface area (Å²) in [4.78, 5) is 11.1. The first kappa shape index (κ1) is 22.9. The Morgan fingerprint density at radius 1 is 1.00 bits per heavy atom. The molecular formula is C22H23F2N5O3S. The summed E-state index contributed by atoms with van der Waals surface area (Å²) in [5, 5.41) is 3.19. The Morgan fingerprint density at radius 3 is 2.42 bits per heavy atom. The summed E-state index contributed by atoms with van der Waals surface area (Å²) >= 11 is 0. The van der Waals surface area contributed by atoms with Gasteiger partial charge in [0.1, 0.15) is 17.5 Å². The molecule has 1 aliphatic heterocycles. The van der Waals surface area contributed by atoms with Crippen molar-refractivity contribution in [2.45, 2.75) is 12.7 Å². The van der Waals surface area contributed by atoms with Crippen molar-refractivity contribution < 1.29 is 21.9 Å². The smallest absolute Gasteiger partial charge is 0.237 e. The van der Waals surface area contributed by atoms with Crippen LogP contribution in [0.5, 0.6) is 0 Å². The van der Waals surface area contributed by atoms with Crippen molar-refractivity contribution in [3.05, 3.63) is 71.4 Å². The first-order chi connectivity index (χ1) is 15.8. The molecule has 4 rings (SSSR count). The van der Waals surface area contributed by atoms with Gasteiger partial charge in [-0.25, -0.2) is 22.2 Å². The van der Waals surface area contributed by atoms with Crippen LogP contribution in [0.1, 0.15) is 11.3 Å². The Hall–Kier alpha value is -3.31. The van der Waals surface area contributed by atoms with Gasteiger partial charge < -0.3 is 15.0 Å². The van der Waals surface area contributed by atoms with E-state index in [0.29, 0.717) is 36.4 Å². The molecule has 1 saturated heterocycles. The summed E-state index contributed by atoms with van der Waals surface area (Å²) in [5.74, 6) is -0.929. The monoisotopic (exact) mass is 475 g/mol. The van der Waals surface area contributed by atoms with Gasteiger partial charge in [0.25, 0.3) is 0 Å². The molecule has 0 bridgehead atoms. The molecule has 0 spiro atoms. The number of halogens is 2. The second-order valence-electron chi connectivity index (χ2n) is 7.59. The van der Waals surface area contributed by atoms with Crippen LogP contribution in [0.4, 0.5) is 31.9 Å². The number of sulfonamides is 1. The Bertz CT molecular complexity index is 1230. The summed E-state index contributed by atoms with van der Waals surface area (Å²) in [6.07, 6.45) is 0. The van der Waals surface area contributed by atoms with Gasteiger partial charge in [0.05, 0.1) is 19.0 Å². The molecule has 174 valence electrons. The Morgan fingerprint density at radius 2 is 1.70 bits per heavy atom. The normalized spacial score (nSPS) is 14.2.